The van der Waals surface area contributed by atoms with Crippen molar-refractivity contribution in [3.8, 4) is 17.2 Å². The zero-order valence-electron chi connectivity index (χ0n) is 23.0. The highest BCUT2D eigenvalue weighted by atomic mass is 32.1. The zero-order chi connectivity index (χ0) is 28.1. The van der Waals surface area contributed by atoms with Gasteiger partial charge in [0.15, 0.2) is 16.3 Å². The molecule has 4 aromatic rings. The first-order valence-electron chi connectivity index (χ1n) is 13.1. The molecule has 2 aromatic heterocycles. The van der Waals surface area contributed by atoms with Crippen molar-refractivity contribution in [2.75, 3.05) is 13.4 Å². The van der Waals surface area contributed by atoms with Crippen molar-refractivity contribution in [1.29, 1.82) is 0 Å². The quantitative estimate of drug-likeness (QED) is 0.344. The monoisotopic (exact) mass is 555 g/mol. The van der Waals surface area contributed by atoms with Crippen molar-refractivity contribution in [1.82, 2.24) is 9.13 Å². The molecule has 2 aliphatic rings. The normalized spacial score (nSPS) is 16.2. The van der Waals surface area contributed by atoms with E-state index in [0.717, 1.165) is 22.6 Å². The summed E-state index contributed by atoms with van der Waals surface area (Å²) in [6.45, 7) is 10.0. The first-order chi connectivity index (χ1) is 19.3. The van der Waals surface area contributed by atoms with E-state index in [1.807, 2.05) is 25.1 Å². The van der Waals surface area contributed by atoms with Crippen LogP contribution >= 0.6 is 11.3 Å². The molecule has 40 heavy (non-hydrogen) atoms. The molecule has 0 radical (unpaired) electrons. The lowest BCUT2D eigenvalue weighted by Gasteiger charge is -2.24. The Morgan fingerprint density at radius 3 is 2.58 bits per heavy atom. The lowest BCUT2D eigenvalue weighted by Crippen LogP contribution is -2.39. The van der Waals surface area contributed by atoms with Crippen LogP contribution in [0.3, 0.4) is 0 Å². The number of ether oxygens (including phenoxy) is 3. The van der Waals surface area contributed by atoms with Crippen molar-refractivity contribution in [2.24, 2.45) is 4.99 Å². The van der Waals surface area contributed by atoms with Crippen molar-refractivity contribution < 1.29 is 19.0 Å². The lowest BCUT2D eigenvalue weighted by molar-refractivity contribution is -0.139. The lowest BCUT2D eigenvalue weighted by atomic mass is 9.95. The van der Waals surface area contributed by atoms with E-state index in [2.05, 4.69) is 53.7 Å². The van der Waals surface area contributed by atoms with E-state index in [1.54, 1.807) is 24.5 Å². The van der Waals surface area contributed by atoms with Gasteiger partial charge in [-0.1, -0.05) is 35.1 Å². The minimum Gasteiger partial charge on any atom is -0.463 e. The van der Waals surface area contributed by atoms with Crippen LogP contribution in [0.1, 0.15) is 48.0 Å². The highest BCUT2D eigenvalue weighted by Crippen LogP contribution is 2.38. The third kappa shape index (κ3) is 4.26. The number of carbonyl (C=O) groups is 1. The number of carbonyl (C=O) groups excluding carboxylic acids is 1. The number of aryl methyl sites for hydroxylation is 2. The predicted molar refractivity (Wildman–Crippen MR) is 153 cm³/mol. The van der Waals surface area contributed by atoms with Crippen molar-refractivity contribution >= 4 is 23.4 Å². The van der Waals surface area contributed by atoms with Crippen LogP contribution in [0.2, 0.25) is 0 Å². The van der Waals surface area contributed by atoms with E-state index in [4.69, 9.17) is 14.2 Å². The van der Waals surface area contributed by atoms with Gasteiger partial charge in [-0.05, 0) is 82.2 Å². The molecular formula is C31H29N3O5S. The molecule has 0 spiro atoms. The van der Waals surface area contributed by atoms with Gasteiger partial charge in [-0.15, -0.1) is 0 Å². The third-order valence-electron chi connectivity index (χ3n) is 7.28. The zero-order valence-corrected chi connectivity index (χ0v) is 23.8. The summed E-state index contributed by atoms with van der Waals surface area (Å²) < 4.78 is 20.8. The molecular weight excluding hydrogens is 526 g/mol. The second-order valence-electron chi connectivity index (χ2n) is 9.91. The molecule has 0 amide bonds. The maximum atomic E-state index is 14.0. The summed E-state index contributed by atoms with van der Waals surface area (Å²) in [5.74, 6) is 0.696. The fourth-order valence-electron chi connectivity index (χ4n) is 5.36. The molecule has 8 nitrogen and oxygen atoms in total. The van der Waals surface area contributed by atoms with Crippen LogP contribution < -0.4 is 24.4 Å². The van der Waals surface area contributed by atoms with Crippen molar-refractivity contribution in [3.05, 3.63) is 108 Å². The molecule has 0 saturated carbocycles. The standard InChI is InChI=1S/C31H29N3O5S/c1-6-37-30(36)27-19(4)32-31-34(28(27)21-9-12-24-25(14-21)39-16-38-24)29(35)26(40-31)15-22-13-18(3)33(20(22)5)23-10-7-17(2)8-11-23/h7-15,28H,6,16H2,1-5H3/b26-15+/t28-/m0/s1. The summed E-state index contributed by atoms with van der Waals surface area (Å²) in [7, 11) is 0. The minimum absolute atomic E-state index is 0.127. The molecule has 4 heterocycles. The summed E-state index contributed by atoms with van der Waals surface area (Å²) in [6.07, 6.45) is 1.91. The number of thiazole rings is 1. The molecule has 0 bridgehead atoms. The summed E-state index contributed by atoms with van der Waals surface area (Å²) in [6, 6.07) is 15.2. The summed E-state index contributed by atoms with van der Waals surface area (Å²) in [5.41, 5.74) is 6.66. The van der Waals surface area contributed by atoms with E-state index < -0.39 is 12.0 Å². The van der Waals surface area contributed by atoms with E-state index in [9.17, 15) is 9.59 Å². The van der Waals surface area contributed by atoms with Crippen LogP contribution in [-0.2, 0) is 9.53 Å². The Hall–Kier alpha value is -4.37. The van der Waals surface area contributed by atoms with Gasteiger partial charge in [0.2, 0.25) is 6.79 Å². The average molecular weight is 556 g/mol. The first kappa shape index (κ1) is 25.9. The summed E-state index contributed by atoms with van der Waals surface area (Å²) >= 11 is 1.31. The highest BCUT2D eigenvalue weighted by molar-refractivity contribution is 7.07. The van der Waals surface area contributed by atoms with E-state index in [1.165, 1.54) is 16.9 Å². The van der Waals surface area contributed by atoms with Gasteiger partial charge in [-0.3, -0.25) is 9.36 Å². The van der Waals surface area contributed by atoms with Crippen LogP contribution in [0.4, 0.5) is 0 Å². The number of allylic oxidation sites excluding steroid dienone is 1. The molecule has 0 unspecified atom stereocenters. The molecule has 9 heteroatoms. The number of nitrogens with zero attached hydrogens (tertiary/aromatic N) is 3. The molecule has 0 N–H and O–H groups in total. The van der Waals surface area contributed by atoms with E-state index in [0.29, 0.717) is 37.7 Å². The molecule has 0 fully saturated rings. The Morgan fingerprint density at radius 2 is 1.82 bits per heavy atom. The van der Waals surface area contributed by atoms with Crippen LogP contribution in [0, 0.1) is 20.8 Å². The van der Waals surface area contributed by atoms with Gasteiger partial charge < -0.3 is 18.8 Å². The van der Waals surface area contributed by atoms with Crippen LogP contribution in [0.15, 0.2) is 69.6 Å². The Kier molecular flexibility index (Phi) is 6.46. The van der Waals surface area contributed by atoms with Crippen molar-refractivity contribution in [2.45, 2.75) is 40.7 Å². The Bertz CT molecular complexity index is 1880. The maximum Gasteiger partial charge on any atom is 0.338 e. The van der Waals surface area contributed by atoms with Gasteiger partial charge in [-0.25, -0.2) is 9.79 Å². The number of rotatable bonds is 5. The number of fused-ring (bicyclic) bond motifs is 2. The number of hydrogen-bond acceptors (Lipinski definition) is 7. The number of hydrogen-bond donors (Lipinski definition) is 0. The first-order valence-corrected chi connectivity index (χ1v) is 13.9. The molecule has 6 rings (SSSR count). The van der Waals surface area contributed by atoms with Gasteiger partial charge in [0.25, 0.3) is 5.56 Å². The van der Waals surface area contributed by atoms with E-state index >= 15 is 0 Å². The smallest absolute Gasteiger partial charge is 0.338 e. The number of aromatic nitrogens is 2. The molecule has 2 aliphatic heterocycles. The average Bonchev–Trinajstić information content (AvgIpc) is 3.59. The van der Waals surface area contributed by atoms with Gasteiger partial charge >= 0.3 is 5.97 Å². The van der Waals surface area contributed by atoms with Crippen LogP contribution in [0.25, 0.3) is 11.8 Å². The van der Waals surface area contributed by atoms with Gasteiger partial charge in [-0.2, -0.15) is 0 Å². The SMILES string of the molecule is CCOC(=O)C1=C(C)N=c2s/c(=C/c3cc(C)n(-c4ccc(C)cc4)c3C)c(=O)n2[C@H]1c1ccc2c(c1)OCO2. The van der Waals surface area contributed by atoms with Gasteiger partial charge in [0, 0.05) is 17.1 Å². The van der Waals surface area contributed by atoms with Crippen molar-refractivity contribution in [3.63, 3.8) is 0 Å². The molecule has 0 saturated heterocycles. The molecule has 2 aromatic carbocycles. The fourth-order valence-corrected chi connectivity index (χ4v) is 6.39. The topological polar surface area (TPSA) is 84.1 Å². The fraction of sp³-hybridized carbons (Fsp3) is 0.258. The molecule has 1 atom stereocenters. The Balaban J connectivity index is 1.52. The van der Waals surface area contributed by atoms with Crippen LogP contribution in [0.5, 0.6) is 11.5 Å². The Labute approximate surface area is 235 Å². The largest absolute Gasteiger partial charge is 0.463 e. The highest BCUT2D eigenvalue weighted by Gasteiger charge is 2.34. The molecule has 204 valence electrons. The third-order valence-corrected chi connectivity index (χ3v) is 8.26. The minimum atomic E-state index is -0.716. The maximum absolute atomic E-state index is 14.0. The summed E-state index contributed by atoms with van der Waals surface area (Å²) in [4.78, 5) is 32.4. The van der Waals surface area contributed by atoms with Gasteiger partial charge in [0.1, 0.15) is 0 Å². The second kappa shape index (κ2) is 9.98. The van der Waals surface area contributed by atoms with Gasteiger partial charge in [0.05, 0.1) is 28.5 Å². The van der Waals surface area contributed by atoms with Crippen LogP contribution in [-0.4, -0.2) is 28.5 Å². The Morgan fingerprint density at radius 1 is 1.07 bits per heavy atom. The van der Waals surface area contributed by atoms with E-state index in [-0.39, 0.29) is 19.0 Å². The summed E-state index contributed by atoms with van der Waals surface area (Å²) in [5, 5.41) is 0. The number of esters is 1. The predicted octanol–water partition coefficient (Wildman–Crippen LogP) is 4.24. The number of benzene rings is 2. The second-order valence-corrected chi connectivity index (χ2v) is 10.9. The molecule has 0 aliphatic carbocycles.